The molecular weight excluding hydrogens is 372 g/mol. The van der Waals surface area contributed by atoms with Gasteiger partial charge in [-0.05, 0) is 35.4 Å². The molecule has 1 heterocycles. The van der Waals surface area contributed by atoms with Crippen LogP contribution in [0.25, 0.3) is 0 Å². The Morgan fingerprint density at radius 1 is 1.19 bits per heavy atom. The Bertz CT molecular complexity index is 879. The van der Waals surface area contributed by atoms with Crippen LogP contribution in [0.15, 0.2) is 58.8 Å². The standard InChI is InChI=1S/C17H17ClN6OS/c1-25-15-8-4-13(5-9-15)11-26-17-23-22-16(24(17)19)21-20-10-12-2-6-14(18)7-3-12/h2-10H,11,19H2,1H3,(H,21,22)/b20-10+. The van der Waals surface area contributed by atoms with Gasteiger partial charge in [0.1, 0.15) is 5.75 Å². The molecule has 2 aromatic carbocycles. The summed E-state index contributed by atoms with van der Waals surface area (Å²) in [5, 5.41) is 13.4. The summed E-state index contributed by atoms with van der Waals surface area (Å²) in [7, 11) is 1.64. The number of anilines is 1. The molecule has 0 spiro atoms. The van der Waals surface area contributed by atoms with E-state index in [1.165, 1.54) is 16.4 Å². The maximum Gasteiger partial charge on any atom is 0.264 e. The predicted molar refractivity (Wildman–Crippen MR) is 105 cm³/mol. The number of hydrogen-bond acceptors (Lipinski definition) is 7. The molecule has 3 rings (SSSR count). The van der Waals surface area contributed by atoms with Crippen LogP contribution in [-0.2, 0) is 5.75 Å². The van der Waals surface area contributed by atoms with Crippen LogP contribution in [0.2, 0.25) is 5.02 Å². The molecular formula is C17H17ClN6OS. The number of rotatable bonds is 7. The zero-order valence-corrected chi connectivity index (χ0v) is 15.5. The Kier molecular flexibility index (Phi) is 5.98. The van der Waals surface area contributed by atoms with Gasteiger partial charge in [0.2, 0.25) is 5.16 Å². The summed E-state index contributed by atoms with van der Waals surface area (Å²) >= 11 is 7.33. The average molecular weight is 389 g/mol. The highest BCUT2D eigenvalue weighted by Crippen LogP contribution is 2.23. The second-order valence-electron chi connectivity index (χ2n) is 5.23. The summed E-state index contributed by atoms with van der Waals surface area (Å²) in [6, 6.07) is 15.1. The van der Waals surface area contributed by atoms with Crippen LogP contribution in [0.3, 0.4) is 0 Å². The van der Waals surface area contributed by atoms with Gasteiger partial charge in [0.25, 0.3) is 5.95 Å². The molecule has 134 valence electrons. The summed E-state index contributed by atoms with van der Waals surface area (Å²) < 4.78 is 6.52. The number of hydrazone groups is 1. The van der Waals surface area contributed by atoms with Crippen molar-refractivity contribution in [2.75, 3.05) is 18.4 Å². The summed E-state index contributed by atoms with van der Waals surface area (Å²) in [5.41, 5.74) is 4.82. The topological polar surface area (TPSA) is 90.4 Å². The quantitative estimate of drug-likeness (QED) is 0.279. The van der Waals surface area contributed by atoms with E-state index < -0.39 is 0 Å². The first kappa shape index (κ1) is 18.1. The molecule has 0 saturated heterocycles. The van der Waals surface area contributed by atoms with Crippen molar-refractivity contribution in [1.29, 1.82) is 0 Å². The summed E-state index contributed by atoms with van der Waals surface area (Å²) in [6.45, 7) is 0. The molecule has 0 aliphatic carbocycles. The van der Waals surface area contributed by atoms with Gasteiger partial charge in [0.05, 0.1) is 13.3 Å². The Labute approximate surface area is 160 Å². The molecule has 0 aliphatic heterocycles. The van der Waals surface area contributed by atoms with Crippen molar-refractivity contribution in [1.82, 2.24) is 14.9 Å². The van der Waals surface area contributed by atoms with Crippen LogP contribution in [0, 0.1) is 0 Å². The monoisotopic (exact) mass is 388 g/mol. The number of nitrogen functional groups attached to an aromatic ring is 1. The number of methoxy groups -OCH3 is 1. The fourth-order valence-corrected chi connectivity index (χ4v) is 2.97. The molecule has 0 saturated carbocycles. The third kappa shape index (κ3) is 4.68. The zero-order valence-electron chi connectivity index (χ0n) is 14.0. The second-order valence-corrected chi connectivity index (χ2v) is 6.61. The van der Waals surface area contributed by atoms with Crippen molar-refractivity contribution >= 4 is 35.5 Å². The lowest BCUT2D eigenvalue weighted by Crippen LogP contribution is -2.13. The van der Waals surface area contributed by atoms with E-state index in [0.29, 0.717) is 21.9 Å². The van der Waals surface area contributed by atoms with Gasteiger partial charge < -0.3 is 10.6 Å². The molecule has 0 bridgehead atoms. The highest BCUT2D eigenvalue weighted by Gasteiger charge is 2.09. The molecule has 0 atom stereocenters. The summed E-state index contributed by atoms with van der Waals surface area (Å²) in [6.07, 6.45) is 1.65. The van der Waals surface area contributed by atoms with Crippen LogP contribution in [0.1, 0.15) is 11.1 Å². The lowest BCUT2D eigenvalue weighted by atomic mass is 10.2. The molecule has 26 heavy (non-hydrogen) atoms. The van der Waals surface area contributed by atoms with Crippen LogP contribution in [0.4, 0.5) is 5.95 Å². The summed E-state index contributed by atoms with van der Waals surface area (Å²) in [5.74, 6) is 7.90. The largest absolute Gasteiger partial charge is 0.497 e. The molecule has 0 radical (unpaired) electrons. The number of nitrogens with two attached hydrogens (primary N) is 1. The maximum absolute atomic E-state index is 6.01. The van der Waals surface area contributed by atoms with Crippen molar-refractivity contribution in [2.24, 2.45) is 5.10 Å². The van der Waals surface area contributed by atoms with Gasteiger partial charge in [-0.15, -0.1) is 10.2 Å². The highest BCUT2D eigenvalue weighted by molar-refractivity contribution is 7.98. The molecule has 3 N–H and O–H groups in total. The SMILES string of the molecule is COc1ccc(CSc2nnc(N/N=C/c3ccc(Cl)cc3)n2N)cc1. The van der Waals surface area contributed by atoms with E-state index in [-0.39, 0.29) is 0 Å². The maximum atomic E-state index is 6.01. The van der Waals surface area contributed by atoms with Crippen LogP contribution in [0.5, 0.6) is 5.75 Å². The molecule has 1 aromatic heterocycles. The van der Waals surface area contributed by atoms with Gasteiger partial charge in [-0.25, -0.2) is 10.1 Å². The Morgan fingerprint density at radius 2 is 1.92 bits per heavy atom. The van der Waals surface area contributed by atoms with Gasteiger partial charge >= 0.3 is 0 Å². The molecule has 3 aromatic rings. The molecule has 0 aliphatic rings. The van der Waals surface area contributed by atoms with Crippen LogP contribution < -0.4 is 16.0 Å². The highest BCUT2D eigenvalue weighted by atomic mass is 35.5. The number of nitrogens with one attached hydrogen (secondary N) is 1. The van der Waals surface area contributed by atoms with Gasteiger partial charge in [-0.2, -0.15) is 5.10 Å². The van der Waals surface area contributed by atoms with E-state index in [2.05, 4.69) is 20.7 Å². The molecule has 0 amide bonds. The van der Waals surface area contributed by atoms with Gasteiger partial charge in [0, 0.05) is 10.8 Å². The van der Waals surface area contributed by atoms with E-state index >= 15 is 0 Å². The van der Waals surface area contributed by atoms with E-state index in [1.54, 1.807) is 25.5 Å². The lowest BCUT2D eigenvalue weighted by molar-refractivity contribution is 0.414. The minimum absolute atomic E-state index is 0.354. The van der Waals surface area contributed by atoms with E-state index in [9.17, 15) is 0 Å². The number of aromatic nitrogens is 3. The fraction of sp³-hybridized carbons (Fsp3) is 0.118. The minimum atomic E-state index is 0.354. The smallest absolute Gasteiger partial charge is 0.264 e. The molecule has 0 fully saturated rings. The van der Waals surface area contributed by atoms with E-state index in [0.717, 1.165) is 16.9 Å². The van der Waals surface area contributed by atoms with Gasteiger partial charge in [0.15, 0.2) is 0 Å². The van der Waals surface area contributed by atoms with E-state index in [4.69, 9.17) is 22.2 Å². The Hall–Kier alpha value is -2.71. The first-order chi connectivity index (χ1) is 12.7. The first-order valence-electron chi connectivity index (χ1n) is 7.66. The van der Waals surface area contributed by atoms with Crippen molar-refractivity contribution in [3.63, 3.8) is 0 Å². The Morgan fingerprint density at radius 3 is 2.62 bits per heavy atom. The third-order valence-electron chi connectivity index (χ3n) is 3.44. The predicted octanol–water partition coefficient (Wildman–Crippen LogP) is 3.39. The van der Waals surface area contributed by atoms with Crippen molar-refractivity contribution in [3.05, 3.63) is 64.7 Å². The van der Waals surface area contributed by atoms with Crippen molar-refractivity contribution < 1.29 is 4.74 Å². The molecule has 7 nitrogen and oxygen atoms in total. The fourth-order valence-electron chi connectivity index (χ4n) is 2.03. The number of ether oxygens (including phenoxy) is 1. The van der Waals surface area contributed by atoms with Crippen LogP contribution >= 0.6 is 23.4 Å². The molecule has 0 unspecified atom stereocenters. The van der Waals surface area contributed by atoms with Crippen molar-refractivity contribution in [3.8, 4) is 5.75 Å². The van der Waals surface area contributed by atoms with Gasteiger partial charge in [-0.3, -0.25) is 0 Å². The number of benzene rings is 2. The summed E-state index contributed by atoms with van der Waals surface area (Å²) in [4.78, 5) is 0. The van der Waals surface area contributed by atoms with E-state index in [1.807, 2.05) is 36.4 Å². The second kappa shape index (κ2) is 8.59. The number of hydrogen-bond donors (Lipinski definition) is 2. The Balaban J connectivity index is 1.57. The minimum Gasteiger partial charge on any atom is -0.497 e. The van der Waals surface area contributed by atoms with Crippen LogP contribution in [-0.4, -0.2) is 28.2 Å². The molecule has 9 heteroatoms. The average Bonchev–Trinajstić information content (AvgIpc) is 3.02. The number of halogens is 1. The van der Waals surface area contributed by atoms with Gasteiger partial charge in [-0.1, -0.05) is 47.6 Å². The first-order valence-corrected chi connectivity index (χ1v) is 9.03. The number of thioether (sulfide) groups is 1. The lowest BCUT2D eigenvalue weighted by Gasteiger charge is -2.04. The third-order valence-corrected chi connectivity index (χ3v) is 4.71. The van der Waals surface area contributed by atoms with Crippen molar-refractivity contribution in [2.45, 2.75) is 10.9 Å². The number of nitrogens with zero attached hydrogens (tertiary/aromatic N) is 4. The normalized spacial score (nSPS) is 11.0. The zero-order chi connectivity index (χ0) is 18.4.